The Kier molecular flexibility index (Phi) is 6.71. The van der Waals surface area contributed by atoms with E-state index in [-0.39, 0.29) is 18.3 Å². The van der Waals surface area contributed by atoms with E-state index in [1.54, 1.807) is 72.3 Å². The molecule has 0 aromatic heterocycles. The second kappa shape index (κ2) is 9.41. The summed E-state index contributed by atoms with van der Waals surface area (Å²) in [6.07, 6.45) is 0.904. The van der Waals surface area contributed by atoms with Crippen molar-refractivity contribution in [1.82, 2.24) is 4.90 Å². The van der Waals surface area contributed by atoms with Crippen LogP contribution in [-0.4, -0.2) is 47.8 Å². The van der Waals surface area contributed by atoms with E-state index in [0.717, 1.165) is 17.9 Å². The molecule has 1 saturated heterocycles. The van der Waals surface area contributed by atoms with Crippen molar-refractivity contribution in [1.29, 1.82) is 0 Å². The summed E-state index contributed by atoms with van der Waals surface area (Å²) in [5.41, 5.74) is 1.35. The highest BCUT2D eigenvalue weighted by Crippen LogP contribution is 2.23. The lowest BCUT2D eigenvalue weighted by molar-refractivity contribution is -0.129. The smallest absolute Gasteiger partial charge is 0.266 e. The Morgan fingerprint density at radius 1 is 1.07 bits per heavy atom. The Hall–Kier alpha value is -2.80. The number of methoxy groups -OCH3 is 1. The molecule has 1 aliphatic rings. The summed E-state index contributed by atoms with van der Waals surface area (Å²) in [5.74, 6) is 2.13. The molecule has 0 bridgehead atoms. The van der Waals surface area contributed by atoms with Crippen LogP contribution in [0.15, 0.2) is 53.5 Å². The topological polar surface area (TPSA) is 68.2 Å². The molecule has 3 rings (SSSR count). The maximum atomic E-state index is 12.7. The number of carbonyl (C=O) groups is 2. The molecule has 0 spiro atoms. The van der Waals surface area contributed by atoms with Crippen LogP contribution in [-0.2, 0) is 4.79 Å². The maximum absolute atomic E-state index is 12.7. The number of hydrogen-bond donors (Lipinski definition) is 0. The summed E-state index contributed by atoms with van der Waals surface area (Å²) in [6, 6.07) is 14.2. The first-order valence-electron chi connectivity index (χ1n) is 8.96. The van der Waals surface area contributed by atoms with Crippen molar-refractivity contribution in [3.05, 3.63) is 54.1 Å². The highest BCUT2D eigenvalue weighted by atomic mass is 32.2. The molecule has 2 aromatic rings. The lowest BCUT2D eigenvalue weighted by Crippen LogP contribution is -2.41. The van der Waals surface area contributed by atoms with E-state index in [2.05, 4.69) is 4.99 Å². The minimum absolute atomic E-state index is 0.0127. The van der Waals surface area contributed by atoms with Gasteiger partial charge in [-0.25, -0.2) is 4.99 Å². The number of thioether (sulfide) groups is 1. The van der Waals surface area contributed by atoms with E-state index in [1.165, 1.54) is 6.92 Å². The van der Waals surface area contributed by atoms with Gasteiger partial charge in [-0.05, 0) is 61.9 Å². The third-order valence-corrected chi connectivity index (χ3v) is 5.27. The molecule has 146 valence electrons. The number of benzene rings is 2. The van der Waals surface area contributed by atoms with Gasteiger partial charge in [-0.15, -0.1) is 0 Å². The number of nitrogens with zero attached hydrogens (tertiary/aromatic N) is 2. The average Bonchev–Trinajstić information content (AvgIpc) is 2.73. The van der Waals surface area contributed by atoms with Gasteiger partial charge in [0.2, 0.25) is 0 Å². The first kappa shape index (κ1) is 19.9. The monoisotopic (exact) mass is 398 g/mol. The molecular formula is C21H22N2O4S. The van der Waals surface area contributed by atoms with Gasteiger partial charge in [-0.1, -0.05) is 11.8 Å². The van der Waals surface area contributed by atoms with Crippen LogP contribution in [0, 0.1) is 0 Å². The van der Waals surface area contributed by atoms with Crippen LogP contribution >= 0.6 is 11.8 Å². The first-order chi connectivity index (χ1) is 13.6. The predicted octanol–water partition coefficient (Wildman–Crippen LogP) is 3.93. The Bertz CT molecular complexity index is 863. The highest BCUT2D eigenvalue weighted by Gasteiger charge is 2.24. The zero-order chi connectivity index (χ0) is 19.9. The number of Topliss-reactive ketones (excluding diaryl/α,β-unsaturated/α-hetero) is 1. The van der Waals surface area contributed by atoms with Crippen molar-refractivity contribution >= 4 is 34.3 Å². The van der Waals surface area contributed by atoms with Crippen molar-refractivity contribution in [2.75, 3.05) is 26.0 Å². The van der Waals surface area contributed by atoms with Crippen molar-refractivity contribution < 1.29 is 19.1 Å². The fourth-order valence-corrected chi connectivity index (χ4v) is 3.63. The van der Waals surface area contributed by atoms with Crippen LogP contribution in [0.25, 0.3) is 0 Å². The molecule has 1 fully saturated rings. The third kappa shape index (κ3) is 5.13. The summed E-state index contributed by atoms with van der Waals surface area (Å²) in [7, 11) is 1.60. The molecule has 1 heterocycles. The molecule has 1 aliphatic heterocycles. The van der Waals surface area contributed by atoms with Crippen molar-refractivity contribution in [3.63, 3.8) is 0 Å². The fraction of sp³-hybridized carbons (Fsp3) is 0.286. The van der Waals surface area contributed by atoms with E-state index in [9.17, 15) is 9.59 Å². The molecule has 0 radical (unpaired) electrons. The summed E-state index contributed by atoms with van der Waals surface area (Å²) in [5, 5.41) is 0.658. The number of carbonyl (C=O) groups excluding carboxylic acids is 2. The molecule has 0 saturated carbocycles. The van der Waals surface area contributed by atoms with E-state index in [0.29, 0.717) is 28.7 Å². The minimum atomic E-state index is -0.137. The quantitative estimate of drug-likeness (QED) is 0.690. The first-order valence-corrected chi connectivity index (χ1v) is 9.95. The summed E-state index contributed by atoms with van der Waals surface area (Å²) in [6.45, 7) is 2.08. The number of ketones is 1. The normalized spacial score (nSPS) is 15.4. The molecule has 2 aromatic carbocycles. The van der Waals surface area contributed by atoms with Gasteiger partial charge in [0.05, 0.1) is 12.8 Å². The Labute approximate surface area is 168 Å². The van der Waals surface area contributed by atoms with E-state index >= 15 is 0 Å². The number of aliphatic imine (C=N–C) groups is 1. The average molecular weight is 398 g/mol. The van der Waals surface area contributed by atoms with Crippen molar-refractivity contribution in [3.8, 4) is 11.5 Å². The SMILES string of the molecule is COc1ccc(OCC(=O)N2CCCSC2=Nc2ccc(C(C)=O)cc2)cc1. The number of hydrogen-bond acceptors (Lipinski definition) is 6. The van der Waals surface area contributed by atoms with Gasteiger partial charge in [0, 0.05) is 17.9 Å². The third-order valence-electron chi connectivity index (χ3n) is 4.21. The lowest BCUT2D eigenvalue weighted by atomic mass is 10.1. The Morgan fingerprint density at radius 2 is 1.75 bits per heavy atom. The number of ether oxygens (including phenoxy) is 2. The second-order valence-electron chi connectivity index (χ2n) is 6.21. The van der Waals surface area contributed by atoms with Gasteiger partial charge in [-0.2, -0.15) is 0 Å². The number of amidine groups is 1. The molecule has 0 aliphatic carbocycles. The second-order valence-corrected chi connectivity index (χ2v) is 7.27. The molecule has 0 unspecified atom stereocenters. The molecule has 7 heteroatoms. The number of amides is 1. The van der Waals surface area contributed by atoms with Gasteiger partial charge in [0.25, 0.3) is 5.91 Å². The molecule has 1 amide bonds. The molecule has 6 nitrogen and oxygen atoms in total. The minimum Gasteiger partial charge on any atom is -0.497 e. The zero-order valence-electron chi connectivity index (χ0n) is 15.9. The van der Waals surface area contributed by atoms with Gasteiger partial charge in [0.1, 0.15) is 11.5 Å². The van der Waals surface area contributed by atoms with Crippen molar-refractivity contribution in [2.45, 2.75) is 13.3 Å². The van der Waals surface area contributed by atoms with E-state index in [4.69, 9.17) is 9.47 Å². The van der Waals surface area contributed by atoms with Crippen LogP contribution in [0.2, 0.25) is 0 Å². The van der Waals surface area contributed by atoms with Gasteiger partial charge >= 0.3 is 0 Å². The van der Waals surface area contributed by atoms with Crippen LogP contribution < -0.4 is 9.47 Å². The lowest BCUT2D eigenvalue weighted by Gasteiger charge is -2.27. The van der Waals surface area contributed by atoms with Gasteiger partial charge < -0.3 is 9.47 Å². The van der Waals surface area contributed by atoms with E-state index in [1.807, 2.05) is 0 Å². The summed E-state index contributed by atoms with van der Waals surface area (Å²) < 4.78 is 10.7. The van der Waals surface area contributed by atoms with Crippen LogP contribution in [0.1, 0.15) is 23.7 Å². The summed E-state index contributed by atoms with van der Waals surface area (Å²) >= 11 is 1.55. The Balaban J connectivity index is 1.67. The van der Waals surface area contributed by atoms with Crippen LogP contribution in [0.4, 0.5) is 5.69 Å². The zero-order valence-corrected chi connectivity index (χ0v) is 16.7. The molecule has 0 N–H and O–H groups in total. The molecule has 28 heavy (non-hydrogen) atoms. The largest absolute Gasteiger partial charge is 0.497 e. The highest BCUT2D eigenvalue weighted by molar-refractivity contribution is 8.13. The number of rotatable bonds is 6. The van der Waals surface area contributed by atoms with Crippen LogP contribution in [0.5, 0.6) is 11.5 Å². The standard InChI is InChI=1S/C21H22N2O4S/c1-15(24)16-4-6-17(7-5-16)22-21-23(12-3-13-28-21)20(25)14-27-19-10-8-18(26-2)9-11-19/h4-11H,3,12-14H2,1-2H3. The predicted molar refractivity (Wildman–Crippen MR) is 111 cm³/mol. The van der Waals surface area contributed by atoms with Crippen molar-refractivity contribution in [2.24, 2.45) is 4.99 Å². The van der Waals surface area contributed by atoms with Crippen LogP contribution in [0.3, 0.4) is 0 Å². The molecule has 0 atom stereocenters. The van der Waals surface area contributed by atoms with Gasteiger partial charge in [-0.3, -0.25) is 14.5 Å². The summed E-state index contributed by atoms with van der Waals surface area (Å²) in [4.78, 5) is 30.3. The molecular weight excluding hydrogens is 376 g/mol. The fourth-order valence-electron chi connectivity index (χ4n) is 2.66. The van der Waals surface area contributed by atoms with Gasteiger partial charge in [0.15, 0.2) is 17.6 Å². The van der Waals surface area contributed by atoms with E-state index < -0.39 is 0 Å². The Morgan fingerprint density at radius 3 is 2.39 bits per heavy atom. The maximum Gasteiger partial charge on any atom is 0.266 e.